The van der Waals surface area contributed by atoms with Gasteiger partial charge in [0.1, 0.15) is 24.1 Å². The lowest BCUT2D eigenvalue weighted by molar-refractivity contribution is -0.136. The molecule has 8 heterocycles. The lowest BCUT2D eigenvalue weighted by Crippen LogP contribution is -2.54. The van der Waals surface area contributed by atoms with Gasteiger partial charge >= 0.3 is 0 Å². The number of rotatable bonds is 10. The molecule has 1 unspecified atom stereocenters. The fraction of sp³-hybridized carbons (Fsp3) is 0.415. The molecule has 0 radical (unpaired) electrons. The summed E-state index contributed by atoms with van der Waals surface area (Å²) in [7, 11) is 0. The van der Waals surface area contributed by atoms with E-state index in [0.717, 1.165) is 92.2 Å². The van der Waals surface area contributed by atoms with Crippen molar-refractivity contribution in [3.05, 3.63) is 93.6 Å². The van der Waals surface area contributed by atoms with Crippen LogP contribution in [0.3, 0.4) is 0 Å². The maximum absolute atomic E-state index is 13.3. The fourth-order valence-corrected chi connectivity index (χ4v) is 8.94. The Labute approximate surface area is 316 Å². The summed E-state index contributed by atoms with van der Waals surface area (Å²) >= 11 is 0. The second kappa shape index (κ2) is 13.6. The number of ether oxygens (including phenoxy) is 2. The van der Waals surface area contributed by atoms with Gasteiger partial charge in [-0.3, -0.25) is 44.3 Å². The monoisotopic (exact) mass is 742 g/mol. The second-order valence-electron chi connectivity index (χ2n) is 15.5. The minimum absolute atomic E-state index is 0.0980. The van der Waals surface area contributed by atoms with E-state index >= 15 is 0 Å². The summed E-state index contributed by atoms with van der Waals surface area (Å²) in [4.78, 5) is 68.9. The number of hydrogen-bond donors (Lipinski definition) is 3. The van der Waals surface area contributed by atoms with Crippen LogP contribution in [-0.2, 0) is 27.2 Å². The Morgan fingerprint density at radius 2 is 1.73 bits per heavy atom. The number of carbonyl (C=O) groups excluding carboxylic acids is 4. The molecule has 11 rings (SSSR count). The number of hydrogen-bond acceptors (Lipinski definition) is 11. The number of aromatic nitrogens is 3. The molecule has 55 heavy (non-hydrogen) atoms. The number of benzene rings is 1. The predicted molar refractivity (Wildman–Crippen MR) is 199 cm³/mol. The van der Waals surface area contributed by atoms with E-state index in [9.17, 15) is 19.2 Å². The number of amides is 4. The molecular weight excluding hydrogens is 701 g/mol. The standard InChI is InChI=1S/C41H42N8O6/c50-36-8-7-35(38(51)46-36)49-40(52)29-6-4-25(17-30(29)41(49)53)48-14-12-47(13-15-48)11-1-2-23-3-5-26(21-43-23)54-27-18-28(19-27)55-39-32-16-24-9-10-42-34(22-44-39)31-20-33(45-24)37(31)32/h3-6,9-10,17,20-22,27-28,32,35,39,44-45H,1-2,7-8,11-16,18-19H2,(H,46,50,51)/t27?,28?,32-,35?,39+/m1/s1. The Hall–Kier alpha value is -5.60. The molecule has 2 aromatic heterocycles. The summed E-state index contributed by atoms with van der Waals surface area (Å²) in [6.07, 6.45) is 10.5. The highest BCUT2D eigenvalue weighted by Gasteiger charge is 2.45. The summed E-state index contributed by atoms with van der Waals surface area (Å²) in [6.45, 7) is 4.32. The van der Waals surface area contributed by atoms with Crippen molar-refractivity contribution >= 4 is 41.1 Å². The molecule has 8 aliphatic rings. The smallest absolute Gasteiger partial charge is 0.262 e. The van der Waals surface area contributed by atoms with Crippen LogP contribution in [0.25, 0.3) is 11.8 Å². The van der Waals surface area contributed by atoms with Gasteiger partial charge in [0.15, 0.2) is 0 Å². The molecule has 6 aliphatic heterocycles. The second-order valence-corrected chi connectivity index (χ2v) is 15.5. The lowest BCUT2D eigenvalue weighted by Gasteiger charge is -2.40. The van der Waals surface area contributed by atoms with Crippen LogP contribution in [0.5, 0.6) is 5.75 Å². The Kier molecular flexibility index (Phi) is 8.39. The predicted octanol–water partition coefficient (Wildman–Crippen LogP) is 1.06. The largest absolute Gasteiger partial charge is 0.489 e. The number of anilines is 1. The number of imide groups is 2. The van der Waals surface area contributed by atoms with Crippen molar-refractivity contribution in [2.45, 2.75) is 69.4 Å². The van der Waals surface area contributed by atoms with Crippen molar-refractivity contribution in [1.29, 1.82) is 0 Å². The van der Waals surface area contributed by atoms with Gasteiger partial charge in [-0.1, -0.05) is 0 Å². The van der Waals surface area contributed by atoms with Crippen LogP contribution in [-0.4, -0.2) is 106 Å². The number of piperidine rings is 1. The van der Waals surface area contributed by atoms with Crippen LogP contribution in [0.15, 0.2) is 54.9 Å². The first-order valence-electron chi connectivity index (χ1n) is 19.4. The Bertz CT molecular complexity index is 2290. The van der Waals surface area contributed by atoms with Gasteiger partial charge in [0.05, 0.1) is 28.8 Å². The summed E-state index contributed by atoms with van der Waals surface area (Å²) in [5.74, 6) is -0.916. The highest BCUT2D eigenvalue weighted by Crippen LogP contribution is 2.36. The molecule has 1 saturated carbocycles. The first kappa shape index (κ1) is 33.9. The van der Waals surface area contributed by atoms with Gasteiger partial charge in [-0.05, 0) is 80.3 Å². The zero-order valence-electron chi connectivity index (χ0n) is 30.3. The first-order valence-corrected chi connectivity index (χ1v) is 19.4. The van der Waals surface area contributed by atoms with E-state index in [-0.39, 0.29) is 43.1 Å². The normalized spacial score (nSPS) is 26.0. The quantitative estimate of drug-likeness (QED) is 0.255. The lowest BCUT2D eigenvalue weighted by atomic mass is 9.81. The van der Waals surface area contributed by atoms with E-state index in [0.29, 0.717) is 11.1 Å². The van der Waals surface area contributed by atoms with Gasteiger partial charge in [-0.25, -0.2) is 0 Å². The van der Waals surface area contributed by atoms with Crippen molar-refractivity contribution in [1.82, 2.24) is 35.4 Å². The van der Waals surface area contributed by atoms with E-state index in [1.54, 1.807) is 12.1 Å². The van der Waals surface area contributed by atoms with E-state index in [1.165, 1.54) is 22.2 Å². The average molecular weight is 743 g/mol. The van der Waals surface area contributed by atoms with Crippen molar-refractivity contribution in [2.75, 3.05) is 37.6 Å². The number of H-pyrrole nitrogens is 1. The van der Waals surface area contributed by atoms with Gasteiger partial charge in [-0.2, -0.15) is 0 Å². The number of nitrogens with zero attached hydrogens (tertiary/aromatic N) is 5. The highest BCUT2D eigenvalue weighted by atomic mass is 16.5. The summed E-state index contributed by atoms with van der Waals surface area (Å²) < 4.78 is 12.9. The molecular formula is C41H42N8O6. The summed E-state index contributed by atoms with van der Waals surface area (Å²) in [5.41, 5.74) is 6.24. The maximum atomic E-state index is 13.3. The summed E-state index contributed by atoms with van der Waals surface area (Å²) in [6, 6.07) is 12.7. The first-order chi connectivity index (χ1) is 26.8. The number of aryl methyl sites for hydroxylation is 1. The highest BCUT2D eigenvalue weighted by molar-refractivity contribution is 6.23. The van der Waals surface area contributed by atoms with Gasteiger partial charge in [-0.15, -0.1) is 0 Å². The topological polar surface area (TPSA) is 162 Å². The van der Waals surface area contributed by atoms with Crippen LogP contribution in [0.1, 0.15) is 69.8 Å². The number of pyridine rings is 1. The van der Waals surface area contributed by atoms with E-state index in [1.807, 2.05) is 30.7 Å². The van der Waals surface area contributed by atoms with Crippen LogP contribution < -0.4 is 31.0 Å². The zero-order chi connectivity index (χ0) is 37.2. The SMILES string of the molecule is O=C1CCC(N2C(=O)c3ccc(N4CCN(CCCc5ccc(OC6CC(O[C@@H]7NC=c8nccc9[nH]c%10cc8C=%10[C@H]7C9)C6)cn5)CC4)cc3C2=O)C(=O)N1. The van der Waals surface area contributed by atoms with E-state index in [4.69, 9.17) is 9.47 Å². The number of aromatic amines is 1. The number of piperazine rings is 1. The molecule has 2 aliphatic carbocycles. The van der Waals surface area contributed by atoms with Crippen LogP contribution in [0.4, 0.5) is 5.69 Å². The molecule has 1 aromatic carbocycles. The van der Waals surface area contributed by atoms with E-state index in [2.05, 4.69) is 53.6 Å². The average Bonchev–Trinajstić information content (AvgIpc) is 3.43. The van der Waals surface area contributed by atoms with E-state index < -0.39 is 23.8 Å². The maximum Gasteiger partial charge on any atom is 0.262 e. The van der Waals surface area contributed by atoms with Crippen LogP contribution >= 0.6 is 0 Å². The van der Waals surface area contributed by atoms with Crippen molar-refractivity contribution < 1.29 is 28.7 Å². The third-order valence-electron chi connectivity index (χ3n) is 12.0. The zero-order valence-corrected chi connectivity index (χ0v) is 30.3. The number of fused-ring (bicyclic) bond motifs is 3. The molecule has 6 bridgehead atoms. The Morgan fingerprint density at radius 1 is 0.873 bits per heavy atom. The molecule has 282 valence electrons. The van der Waals surface area contributed by atoms with Gasteiger partial charge in [0, 0.05) is 91.7 Å². The fourth-order valence-electron chi connectivity index (χ4n) is 8.94. The summed E-state index contributed by atoms with van der Waals surface area (Å²) in [5, 5.41) is 7.90. The third-order valence-corrected chi connectivity index (χ3v) is 12.0. The van der Waals surface area contributed by atoms with Crippen molar-refractivity contribution in [3.63, 3.8) is 0 Å². The van der Waals surface area contributed by atoms with Crippen LogP contribution in [0, 0.1) is 5.92 Å². The molecule has 3 aromatic rings. The molecule has 14 nitrogen and oxygen atoms in total. The molecule has 14 heteroatoms. The molecule has 2 saturated heterocycles. The van der Waals surface area contributed by atoms with Gasteiger partial charge in [0.25, 0.3) is 11.8 Å². The van der Waals surface area contributed by atoms with Crippen molar-refractivity contribution in [2.24, 2.45) is 5.92 Å². The Morgan fingerprint density at radius 3 is 2.55 bits per heavy atom. The van der Waals surface area contributed by atoms with Gasteiger partial charge in [0.2, 0.25) is 11.8 Å². The number of carbonyl (C=O) groups is 4. The minimum Gasteiger partial charge on any atom is -0.489 e. The van der Waals surface area contributed by atoms with Crippen LogP contribution in [0.2, 0.25) is 0 Å². The molecule has 0 spiro atoms. The third kappa shape index (κ3) is 6.22. The van der Waals surface area contributed by atoms with Crippen molar-refractivity contribution in [3.8, 4) is 5.75 Å². The molecule has 3 atom stereocenters. The number of nitrogens with one attached hydrogen (secondary N) is 3. The molecule has 3 fully saturated rings. The van der Waals surface area contributed by atoms with Gasteiger partial charge < -0.3 is 24.7 Å². The minimum atomic E-state index is -0.965. The molecule has 4 amide bonds. The Balaban J connectivity index is 0.658. The molecule has 3 N–H and O–H groups in total.